The van der Waals surface area contributed by atoms with Crippen molar-refractivity contribution in [2.75, 3.05) is 27.8 Å². The summed E-state index contributed by atoms with van der Waals surface area (Å²) in [5.41, 5.74) is 2.65. The third-order valence-corrected chi connectivity index (χ3v) is 5.31. The number of hydrogen-bond donors (Lipinski definition) is 0. The summed E-state index contributed by atoms with van der Waals surface area (Å²) in [7, 11) is 4.88. The van der Waals surface area contributed by atoms with Crippen LogP contribution in [0.4, 0.5) is 0 Å². The maximum absolute atomic E-state index is 13.2. The van der Waals surface area contributed by atoms with E-state index in [2.05, 4.69) is 5.10 Å². The third-order valence-electron chi connectivity index (χ3n) is 5.31. The zero-order valence-electron chi connectivity index (χ0n) is 18.7. The second-order valence-electron chi connectivity index (χ2n) is 7.86. The molecule has 31 heavy (non-hydrogen) atoms. The predicted molar refractivity (Wildman–Crippen MR) is 119 cm³/mol. The first kappa shape index (κ1) is 22.3. The summed E-state index contributed by atoms with van der Waals surface area (Å²) in [6.45, 7) is 3.61. The van der Waals surface area contributed by atoms with E-state index in [0.717, 1.165) is 28.3 Å². The molecule has 164 valence electrons. The molecule has 0 fully saturated rings. The van der Waals surface area contributed by atoms with Gasteiger partial charge in [-0.2, -0.15) is 5.10 Å². The van der Waals surface area contributed by atoms with Gasteiger partial charge in [0.05, 0.1) is 26.0 Å². The zero-order valence-corrected chi connectivity index (χ0v) is 18.7. The Kier molecular flexibility index (Phi) is 6.95. The second-order valence-corrected chi connectivity index (χ2v) is 7.86. The lowest BCUT2D eigenvalue weighted by atomic mass is 9.98. The highest BCUT2D eigenvalue weighted by molar-refractivity contribution is 6.03. The van der Waals surface area contributed by atoms with Gasteiger partial charge in [0.2, 0.25) is 5.91 Å². The van der Waals surface area contributed by atoms with Gasteiger partial charge in [-0.1, -0.05) is 38.1 Å². The molecular weight excluding hydrogens is 394 g/mol. The maximum Gasteiger partial charge on any atom is 0.262 e. The third kappa shape index (κ3) is 5.05. The molecule has 1 aliphatic rings. The number of hydrogen-bond acceptors (Lipinski definition) is 5. The van der Waals surface area contributed by atoms with Gasteiger partial charge in [-0.05, 0) is 29.8 Å². The van der Waals surface area contributed by atoms with Gasteiger partial charge in [0.25, 0.3) is 5.91 Å². The van der Waals surface area contributed by atoms with Crippen molar-refractivity contribution in [3.63, 3.8) is 0 Å². The van der Waals surface area contributed by atoms with Crippen molar-refractivity contribution in [2.24, 2.45) is 11.0 Å². The molecule has 7 nitrogen and oxygen atoms in total. The van der Waals surface area contributed by atoms with E-state index in [9.17, 15) is 9.59 Å². The molecular formula is C24H29N3O4. The van der Waals surface area contributed by atoms with Crippen LogP contribution < -0.4 is 9.47 Å². The molecule has 2 aromatic carbocycles. The molecule has 2 amide bonds. The van der Waals surface area contributed by atoms with Gasteiger partial charge >= 0.3 is 0 Å². The van der Waals surface area contributed by atoms with E-state index in [0.29, 0.717) is 6.42 Å². The molecule has 0 radical (unpaired) electrons. The molecule has 7 heteroatoms. The van der Waals surface area contributed by atoms with Crippen LogP contribution in [0.15, 0.2) is 53.6 Å². The van der Waals surface area contributed by atoms with Crippen LogP contribution in [0.25, 0.3) is 0 Å². The fraction of sp³-hybridized carbons (Fsp3) is 0.375. The summed E-state index contributed by atoms with van der Waals surface area (Å²) in [4.78, 5) is 26.9. The highest BCUT2D eigenvalue weighted by Gasteiger charge is 2.34. The number of carbonyl (C=O) groups excluding carboxylic acids is 2. The number of rotatable bonds is 7. The average Bonchev–Trinajstić information content (AvgIpc) is 3.24. The Balaban J connectivity index is 1.91. The largest absolute Gasteiger partial charge is 0.497 e. The second kappa shape index (κ2) is 9.64. The number of hydrazone groups is 1. The van der Waals surface area contributed by atoms with E-state index in [1.807, 2.05) is 62.4 Å². The number of nitrogens with zero attached hydrogens (tertiary/aromatic N) is 3. The van der Waals surface area contributed by atoms with Crippen LogP contribution in [0, 0.1) is 5.92 Å². The van der Waals surface area contributed by atoms with E-state index in [1.54, 1.807) is 21.3 Å². The summed E-state index contributed by atoms with van der Waals surface area (Å²) in [5.74, 6) is 0.995. The molecule has 0 aliphatic carbocycles. The Morgan fingerprint density at radius 1 is 1.10 bits per heavy atom. The van der Waals surface area contributed by atoms with Gasteiger partial charge < -0.3 is 14.4 Å². The van der Waals surface area contributed by atoms with E-state index in [1.165, 1.54) is 9.91 Å². The molecule has 0 bridgehead atoms. The first-order valence-corrected chi connectivity index (χ1v) is 10.3. The van der Waals surface area contributed by atoms with Crippen LogP contribution in [-0.2, 0) is 9.59 Å². The van der Waals surface area contributed by atoms with E-state index in [-0.39, 0.29) is 30.3 Å². The number of amides is 2. The fourth-order valence-electron chi connectivity index (χ4n) is 3.60. The molecule has 0 N–H and O–H groups in total. The number of likely N-dealkylation sites (N-methyl/N-ethyl adjacent to an activating group) is 1. The van der Waals surface area contributed by atoms with Crippen molar-refractivity contribution in [3.05, 3.63) is 59.7 Å². The quantitative estimate of drug-likeness (QED) is 0.683. The summed E-state index contributed by atoms with van der Waals surface area (Å²) in [6.07, 6.45) is 0.563. The predicted octanol–water partition coefficient (Wildman–Crippen LogP) is 3.50. The minimum Gasteiger partial charge on any atom is -0.497 e. The highest BCUT2D eigenvalue weighted by atomic mass is 16.5. The number of ether oxygens (including phenoxy) is 2. The van der Waals surface area contributed by atoms with E-state index < -0.39 is 0 Å². The Bertz CT molecular complexity index is 969. The molecule has 1 aliphatic heterocycles. The Morgan fingerprint density at radius 3 is 2.39 bits per heavy atom. The molecule has 0 saturated carbocycles. The Labute approximate surface area is 183 Å². The van der Waals surface area contributed by atoms with Gasteiger partial charge in [-0.25, -0.2) is 5.01 Å². The molecule has 0 spiro atoms. The van der Waals surface area contributed by atoms with Crippen LogP contribution in [0.1, 0.15) is 37.4 Å². The van der Waals surface area contributed by atoms with Crippen molar-refractivity contribution in [1.29, 1.82) is 0 Å². The Hall–Kier alpha value is -3.35. The minimum atomic E-state index is -0.262. The number of carbonyl (C=O) groups is 2. The Morgan fingerprint density at radius 2 is 1.77 bits per heavy atom. The summed E-state index contributed by atoms with van der Waals surface area (Å²) >= 11 is 0. The van der Waals surface area contributed by atoms with Crippen molar-refractivity contribution in [1.82, 2.24) is 9.91 Å². The van der Waals surface area contributed by atoms with Gasteiger partial charge in [-0.3, -0.25) is 9.59 Å². The molecule has 1 heterocycles. The first-order valence-electron chi connectivity index (χ1n) is 10.3. The smallest absolute Gasteiger partial charge is 0.262 e. The molecule has 0 aromatic heterocycles. The molecule has 0 unspecified atom stereocenters. The number of benzene rings is 2. The maximum atomic E-state index is 13.2. The minimum absolute atomic E-state index is 0.0292. The highest BCUT2D eigenvalue weighted by Crippen LogP contribution is 2.34. The van der Waals surface area contributed by atoms with Crippen LogP contribution in [0.2, 0.25) is 0 Å². The van der Waals surface area contributed by atoms with Gasteiger partial charge in [-0.15, -0.1) is 0 Å². The van der Waals surface area contributed by atoms with Crippen LogP contribution in [-0.4, -0.2) is 55.2 Å². The first-order chi connectivity index (χ1) is 14.8. The molecule has 1 atom stereocenters. The summed E-state index contributed by atoms with van der Waals surface area (Å²) < 4.78 is 10.6. The molecule has 0 saturated heterocycles. The zero-order chi connectivity index (χ0) is 22.5. The van der Waals surface area contributed by atoms with Gasteiger partial charge in [0.1, 0.15) is 18.0 Å². The lowest BCUT2D eigenvalue weighted by molar-refractivity contribution is -0.142. The van der Waals surface area contributed by atoms with Crippen molar-refractivity contribution in [3.8, 4) is 11.5 Å². The van der Waals surface area contributed by atoms with Crippen molar-refractivity contribution >= 4 is 17.5 Å². The van der Waals surface area contributed by atoms with Crippen LogP contribution in [0.3, 0.4) is 0 Å². The number of methoxy groups -OCH3 is 2. The standard InChI is InChI=1S/C24H29N3O4/c1-16(2)24(29)26(3)15-23(28)27-22(17-9-11-19(30-4)12-10-17)14-21(25-27)18-7-6-8-20(13-18)31-5/h6-13,16,22H,14-15H2,1-5H3/t22-/m1/s1. The van der Waals surface area contributed by atoms with Gasteiger partial charge in [0, 0.05) is 24.9 Å². The van der Waals surface area contributed by atoms with Crippen LogP contribution in [0.5, 0.6) is 11.5 Å². The fourth-order valence-corrected chi connectivity index (χ4v) is 3.60. The SMILES string of the molecule is COc1ccc([C@H]2CC(c3cccc(OC)c3)=NN2C(=O)CN(C)C(=O)C(C)C)cc1. The summed E-state index contributed by atoms with van der Waals surface area (Å²) in [5, 5.41) is 6.17. The average molecular weight is 424 g/mol. The van der Waals surface area contributed by atoms with Crippen molar-refractivity contribution < 1.29 is 19.1 Å². The van der Waals surface area contributed by atoms with E-state index >= 15 is 0 Å². The topological polar surface area (TPSA) is 71.4 Å². The lowest BCUT2D eigenvalue weighted by Crippen LogP contribution is -2.40. The lowest BCUT2D eigenvalue weighted by Gasteiger charge is -2.25. The van der Waals surface area contributed by atoms with Crippen LogP contribution >= 0.6 is 0 Å². The summed E-state index contributed by atoms with van der Waals surface area (Å²) in [6, 6.07) is 15.0. The normalized spacial score (nSPS) is 15.6. The van der Waals surface area contributed by atoms with Gasteiger partial charge in [0.15, 0.2) is 0 Å². The molecule has 3 rings (SSSR count). The van der Waals surface area contributed by atoms with Crippen molar-refractivity contribution in [2.45, 2.75) is 26.3 Å². The van der Waals surface area contributed by atoms with E-state index in [4.69, 9.17) is 9.47 Å². The molecule has 2 aromatic rings. The monoisotopic (exact) mass is 423 g/mol.